The number of carbonyl (C=O) groups is 3. The highest BCUT2D eigenvalue weighted by molar-refractivity contribution is 7.99. The van der Waals surface area contributed by atoms with E-state index >= 15 is 0 Å². The summed E-state index contributed by atoms with van der Waals surface area (Å²) in [6.45, 7) is 0. The van der Waals surface area contributed by atoms with E-state index < -0.39 is 12.1 Å². The normalized spacial score (nSPS) is 10.5. The predicted octanol–water partition coefficient (Wildman–Crippen LogP) is 2.89. The fourth-order valence-electron chi connectivity index (χ4n) is 2.46. The van der Waals surface area contributed by atoms with Gasteiger partial charge in [-0.2, -0.15) is 0 Å². The van der Waals surface area contributed by atoms with E-state index in [0.717, 1.165) is 11.1 Å². The van der Waals surface area contributed by atoms with Gasteiger partial charge in [-0.3, -0.25) is 14.4 Å². The van der Waals surface area contributed by atoms with Gasteiger partial charge in [0.1, 0.15) is 6.17 Å². The molecule has 0 atom stereocenters. The van der Waals surface area contributed by atoms with Crippen LogP contribution >= 0.6 is 23.5 Å². The van der Waals surface area contributed by atoms with Gasteiger partial charge in [0.15, 0.2) is 0 Å². The van der Waals surface area contributed by atoms with Crippen LogP contribution in [0, 0.1) is 0 Å². The van der Waals surface area contributed by atoms with Crippen LogP contribution in [0.3, 0.4) is 0 Å². The van der Waals surface area contributed by atoms with E-state index in [4.69, 9.17) is 5.11 Å². The summed E-state index contributed by atoms with van der Waals surface area (Å²) in [5.74, 6) is 0.0156. The van der Waals surface area contributed by atoms with E-state index in [1.807, 2.05) is 60.7 Å². The van der Waals surface area contributed by atoms with Crippen LogP contribution in [0.1, 0.15) is 17.5 Å². The molecule has 29 heavy (non-hydrogen) atoms. The van der Waals surface area contributed by atoms with Gasteiger partial charge in [-0.15, -0.1) is 23.5 Å². The van der Waals surface area contributed by atoms with Gasteiger partial charge in [-0.1, -0.05) is 60.7 Å². The first-order valence-electron chi connectivity index (χ1n) is 9.07. The zero-order valence-electron chi connectivity index (χ0n) is 15.9. The van der Waals surface area contributed by atoms with Gasteiger partial charge < -0.3 is 15.7 Å². The van der Waals surface area contributed by atoms with Crippen molar-refractivity contribution >= 4 is 41.3 Å². The molecule has 0 saturated carbocycles. The smallest absolute Gasteiger partial charge is 0.307 e. The van der Waals surface area contributed by atoms with E-state index in [9.17, 15) is 14.4 Å². The van der Waals surface area contributed by atoms with E-state index in [0.29, 0.717) is 11.5 Å². The van der Waals surface area contributed by atoms with E-state index in [-0.39, 0.29) is 29.7 Å². The van der Waals surface area contributed by atoms with Crippen molar-refractivity contribution in [1.29, 1.82) is 0 Å². The monoisotopic (exact) mass is 432 g/mol. The summed E-state index contributed by atoms with van der Waals surface area (Å²) in [4.78, 5) is 35.3. The summed E-state index contributed by atoms with van der Waals surface area (Å²) in [6.07, 6.45) is -1.30. The van der Waals surface area contributed by atoms with E-state index in [2.05, 4.69) is 10.6 Å². The van der Waals surface area contributed by atoms with Crippen LogP contribution in [0.15, 0.2) is 60.7 Å². The van der Waals surface area contributed by atoms with Gasteiger partial charge in [-0.25, -0.2) is 0 Å². The lowest BCUT2D eigenvalue weighted by molar-refractivity contribution is -0.138. The molecule has 0 aromatic heterocycles. The molecule has 0 aliphatic carbocycles. The van der Waals surface area contributed by atoms with Crippen molar-refractivity contribution in [3.63, 3.8) is 0 Å². The Kier molecular flexibility index (Phi) is 10.2. The second-order valence-corrected chi connectivity index (χ2v) is 8.21. The Morgan fingerprint density at radius 2 is 1.17 bits per heavy atom. The quantitative estimate of drug-likeness (QED) is 0.447. The standard InChI is InChI=1S/C21H24N2O4S2/c24-19(14-28-12-16-7-3-1-4-8-16)22-18(11-21(26)27)23-20(25)15-29-13-17-9-5-2-6-10-17/h1-10,18H,11-15H2,(H,22,24)(H,23,25)(H,26,27). The van der Waals surface area contributed by atoms with Gasteiger partial charge in [0.25, 0.3) is 0 Å². The van der Waals surface area contributed by atoms with Gasteiger partial charge in [0.05, 0.1) is 17.9 Å². The molecule has 0 aliphatic rings. The van der Waals surface area contributed by atoms with Gasteiger partial charge in [0, 0.05) is 11.5 Å². The Morgan fingerprint density at radius 1 is 0.759 bits per heavy atom. The Morgan fingerprint density at radius 3 is 1.55 bits per heavy atom. The number of carboxylic acid groups (broad SMARTS) is 1. The first-order valence-corrected chi connectivity index (χ1v) is 11.4. The predicted molar refractivity (Wildman–Crippen MR) is 118 cm³/mol. The minimum Gasteiger partial charge on any atom is -0.481 e. The molecule has 2 amide bonds. The highest BCUT2D eigenvalue weighted by Crippen LogP contribution is 2.12. The zero-order valence-corrected chi connectivity index (χ0v) is 17.5. The average Bonchev–Trinajstić information content (AvgIpc) is 2.69. The molecule has 2 aromatic rings. The molecule has 0 bridgehead atoms. The number of aliphatic carboxylic acids is 1. The summed E-state index contributed by atoms with van der Waals surface area (Å²) < 4.78 is 0. The Labute approximate surface area is 178 Å². The minimum atomic E-state index is -1.09. The molecule has 3 N–H and O–H groups in total. The minimum absolute atomic E-state index is 0.184. The van der Waals surface area contributed by atoms with Gasteiger partial charge in [0.2, 0.25) is 11.8 Å². The van der Waals surface area contributed by atoms with Crippen molar-refractivity contribution in [2.45, 2.75) is 24.1 Å². The van der Waals surface area contributed by atoms with Crippen LogP contribution in [0.4, 0.5) is 0 Å². The first kappa shape index (κ1) is 22.8. The molecule has 2 aromatic carbocycles. The van der Waals surface area contributed by atoms with Crippen molar-refractivity contribution in [3.05, 3.63) is 71.8 Å². The lowest BCUT2D eigenvalue weighted by atomic mass is 10.2. The maximum atomic E-state index is 12.1. The molecular formula is C21H24N2O4S2. The summed E-state index contributed by atoms with van der Waals surface area (Å²) in [7, 11) is 0. The van der Waals surface area contributed by atoms with Gasteiger partial charge >= 0.3 is 5.97 Å². The molecule has 0 spiro atoms. The van der Waals surface area contributed by atoms with Crippen LogP contribution < -0.4 is 10.6 Å². The molecule has 2 rings (SSSR count). The molecule has 0 saturated heterocycles. The topological polar surface area (TPSA) is 95.5 Å². The van der Waals surface area contributed by atoms with E-state index in [1.165, 1.54) is 23.5 Å². The largest absolute Gasteiger partial charge is 0.481 e. The van der Waals surface area contributed by atoms with E-state index in [1.54, 1.807) is 0 Å². The van der Waals surface area contributed by atoms with Crippen LogP contribution in [-0.2, 0) is 25.9 Å². The maximum absolute atomic E-state index is 12.1. The Bertz CT molecular complexity index is 728. The SMILES string of the molecule is O=C(O)CC(NC(=O)CSCc1ccccc1)NC(=O)CSCc1ccccc1. The summed E-state index contributed by atoms with van der Waals surface area (Å²) in [6, 6.07) is 19.5. The van der Waals surface area contributed by atoms with Crippen molar-refractivity contribution in [1.82, 2.24) is 10.6 Å². The Hall–Kier alpha value is -2.45. The highest BCUT2D eigenvalue weighted by Gasteiger charge is 2.18. The molecular weight excluding hydrogens is 408 g/mol. The number of amides is 2. The van der Waals surface area contributed by atoms with Crippen LogP contribution in [0.5, 0.6) is 0 Å². The fourth-order valence-corrected chi connectivity index (χ4v) is 4.05. The summed E-state index contributed by atoms with van der Waals surface area (Å²) >= 11 is 2.86. The zero-order chi connectivity index (χ0) is 20.9. The molecule has 0 aliphatic heterocycles. The van der Waals surface area contributed by atoms with Crippen molar-refractivity contribution in [2.75, 3.05) is 11.5 Å². The second-order valence-electron chi connectivity index (χ2n) is 6.24. The molecule has 154 valence electrons. The maximum Gasteiger partial charge on any atom is 0.307 e. The van der Waals surface area contributed by atoms with Crippen molar-refractivity contribution in [3.8, 4) is 0 Å². The number of thioether (sulfide) groups is 2. The molecule has 6 nitrogen and oxygen atoms in total. The van der Waals surface area contributed by atoms with Crippen LogP contribution in [-0.4, -0.2) is 40.6 Å². The van der Waals surface area contributed by atoms with Crippen LogP contribution in [0.25, 0.3) is 0 Å². The third kappa shape index (κ3) is 10.0. The number of nitrogens with one attached hydrogen (secondary N) is 2. The molecule has 0 heterocycles. The summed E-state index contributed by atoms with van der Waals surface area (Å²) in [5, 5.41) is 14.2. The number of hydrogen-bond acceptors (Lipinski definition) is 5. The Balaban J connectivity index is 1.72. The third-order valence-electron chi connectivity index (χ3n) is 3.74. The molecule has 0 unspecified atom stereocenters. The highest BCUT2D eigenvalue weighted by atomic mass is 32.2. The fraction of sp³-hybridized carbons (Fsp3) is 0.286. The van der Waals surface area contributed by atoms with Crippen molar-refractivity contribution in [2.24, 2.45) is 0 Å². The number of carboxylic acids is 1. The van der Waals surface area contributed by atoms with Crippen LogP contribution in [0.2, 0.25) is 0 Å². The molecule has 0 radical (unpaired) electrons. The second kappa shape index (κ2) is 12.9. The lowest BCUT2D eigenvalue weighted by Gasteiger charge is -2.18. The molecule has 8 heteroatoms. The van der Waals surface area contributed by atoms with Gasteiger partial charge in [-0.05, 0) is 11.1 Å². The number of hydrogen-bond donors (Lipinski definition) is 3. The van der Waals surface area contributed by atoms with Crippen molar-refractivity contribution < 1.29 is 19.5 Å². The number of benzene rings is 2. The third-order valence-corrected chi connectivity index (χ3v) is 5.75. The summed E-state index contributed by atoms with van der Waals surface area (Å²) in [5.41, 5.74) is 2.22. The lowest BCUT2D eigenvalue weighted by Crippen LogP contribution is -2.50. The number of rotatable bonds is 12. The average molecular weight is 433 g/mol. The molecule has 0 fully saturated rings. The first-order chi connectivity index (χ1) is 14.0. The number of carbonyl (C=O) groups excluding carboxylic acids is 2.